The first-order chi connectivity index (χ1) is 6.63. The third kappa shape index (κ3) is 3.03. The van der Waals surface area contributed by atoms with E-state index in [4.69, 9.17) is 4.74 Å². The van der Waals surface area contributed by atoms with Crippen molar-refractivity contribution in [3.05, 3.63) is 28.7 Å². The van der Waals surface area contributed by atoms with Crippen LogP contribution in [0.5, 0.6) is 5.75 Å². The maximum Gasteiger partial charge on any atom is 0.346 e. The lowest BCUT2D eigenvalue weighted by atomic mass is 10.3. The topological polar surface area (TPSA) is 35.5 Å². The number of benzene rings is 1. The minimum absolute atomic E-state index is 0.384. The van der Waals surface area contributed by atoms with Gasteiger partial charge < -0.3 is 9.47 Å². The molecule has 3 nitrogen and oxygen atoms in total. The number of hydrogen-bond donors (Lipinski definition) is 0. The fraction of sp³-hybridized carbons (Fsp3) is 0.300. The van der Waals surface area contributed by atoms with E-state index in [1.807, 2.05) is 12.1 Å². The summed E-state index contributed by atoms with van der Waals surface area (Å²) in [5.74, 6) is 0.252. The van der Waals surface area contributed by atoms with Crippen LogP contribution in [0.4, 0.5) is 0 Å². The van der Waals surface area contributed by atoms with Gasteiger partial charge in [-0.15, -0.1) is 0 Å². The molecule has 0 saturated carbocycles. The second-order valence-corrected chi connectivity index (χ2v) is 3.66. The van der Waals surface area contributed by atoms with Crippen LogP contribution in [-0.4, -0.2) is 19.2 Å². The van der Waals surface area contributed by atoms with Crippen LogP contribution in [0.1, 0.15) is 6.92 Å². The van der Waals surface area contributed by atoms with Crippen molar-refractivity contribution in [3.63, 3.8) is 0 Å². The molecule has 0 aliphatic carbocycles. The van der Waals surface area contributed by atoms with Crippen molar-refractivity contribution >= 4 is 21.9 Å². The summed E-state index contributed by atoms with van der Waals surface area (Å²) in [6.07, 6.45) is -0.589. The molecule has 0 N–H and O–H groups in total. The Kier molecular flexibility index (Phi) is 3.95. The summed E-state index contributed by atoms with van der Waals surface area (Å²) in [6.45, 7) is 1.65. The Balaban J connectivity index is 2.64. The quantitative estimate of drug-likeness (QED) is 0.782. The molecule has 4 heteroatoms. The van der Waals surface area contributed by atoms with E-state index in [9.17, 15) is 4.79 Å². The smallest absolute Gasteiger partial charge is 0.346 e. The number of carbonyl (C=O) groups is 1. The van der Waals surface area contributed by atoms with Gasteiger partial charge in [-0.25, -0.2) is 4.79 Å². The fourth-order valence-corrected chi connectivity index (χ4v) is 1.34. The van der Waals surface area contributed by atoms with E-state index in [1.165, 1.54) is 7.11 Å². The van der Waals surface area contributed by atoms with Gasteiger partial charge in [-0.3, -0.25) is 0 Å². The molecule has 76 valence electrons. The first-order valence-corrected chi connectivity index (χ1v) is 4.93. The molecule has 0 aromatic heterocycles. The van der Waals surface area contributed by atoms with Crippen molar-refractivity contribution in [2.75, 3.05) is 7.11 Å². The molecule has 1 aromatic carbocycles. The maximum absolute atomic E-state index is 11.0. The van der Waals surface area contributed by atoms with Crippen molar-refractivity contribution in [2.45, 2.75) is 13.0 Å². The molecular weight excluding hydrogens is 248 g/mol. The van der Waals surface area contributed by atoms with Crippen LogP contribution >= 0.6 is 15.9 Å². The largest absolute Gasteiger partial charge is 0.479 e. The molecule has 0 aliphatic rings. The molecule has 0 unspecified atom stereocenters. The lowest BCUT2D eigenvalue weighted by molar-refractivity contribution is -0.147. The highest BCUT2D eigenvalue weighted by molar-refractivity contribution is 9.10. The summed E-state index contributed by atoms with van der Waals surface area (Å²) < 4.78 is 10.8. The molecule has 0 heterocycles. The lowest BCUT2D eigenvalue weighted by Gasteiger charge is -2.12. The number of rotatable bonds is 3. The van der Waals surface area contributed by atoms with Crippen molar-refractivity contribution in [2.24, 2.45) is 0 Å². The van der Waals surface area contributed by atoms with Gasteiger partial charge in [-0.2, -0.15) is 0 Å². The van der Waals surface area contributed by atoms with Crippen molar-refractivity contribution in [3.8, 4) is 5.75 Å². The van der Waals surface area contributed by atoms with Crippen LogP contribution in [0.25, 0.3) is 0 Å². The number of halogens is 1. The average molecular weight is 259 g/mol. The number of hydrogen-bond acceptors (Lipinski definition) is 3. The van der Waals surface area contributed by atoms with Crippen LogP contribution in [0, 0.1) is 0 Å². The Morgan fingerprint density at radius 2 is 2.21 bits per heavy atom. The molecule has 0 amide bonds. The van der Waals surface area contributed by atoms with E-state index >= 15 is 0 Å². The number of methoxy groups -OCH3 is 1. The molecule has 1 aromatic rings. The molecule has 1 atom stereocenters. The van der Waals surface area contributed by atoms with Gasteiger partial charge in [0.25, 0.3) is 0 Å². The molecule has 0 radical (unpaired) electrons. The number of esters is 1. The summed E-state index contributed by atoms with van der Waals surface area (Å²) in [5, 5.41) is 0. The fourth-order valence-electron chi connectivity index (χ4n) is 0.959. The Hall–Kier alpha value is -1.03. The van der Waals surface area contributed by atoms with Gasteiger partial charge in [0.05, 0.1) is 7.11 Å². The molecule has 0 bridgehead atoms. The number of carbonyl (C=O) groups excluding carboxylic acids is 1. The third-order valence-electron chi connectivity index (χ3n) is 1.64. The van der Waals surface area contributed by atoms with E-state index < -0.39 is 6.10 Å². The third-order valence-corrected chi connectivity index (χ3v) is 2.14. The minimum Gasteiger partial charge on any atom is -0.479 e. The molecule has 0 fully saturated rings. The predicted molar refractivity (Wildman–Crippen MR) is 56.2 cm³/mol. The second-order valence-electron chi connectivity index (χ2n) is 2.74. The molecule has 0 saturated heterocycles. The van der Waals surface area contributed by atoms with E-state index in [0.717, 1.165) is 4.47 Å². The maximum atomic E-state index is 11.0. The Bertz CT molecular complexity index is 325. The van der Waals surface area contributed by atoms with E-state index in [2.05, 4.69) is 20.7 Å². The van der Waals surface area contributed by atoms with Crippen LogP contribution in [0.2, 0.25) is 0 Å². The van der Waals surface area contributed by atoms with E-state index in [-0.39, 0.29) is 5.97 Å². The monoisotopic (exact) mass is 258 g/mol. The van der Waals surface area contributed by atoms with Gasteiger partial charge in [0.1, 0.15) is 5.75 Å². The molecule has 0 spiro atoms. The van der Waals surface area contributed by atoms with Gasteiger partial charge in [0, 0.05) is 4.47 Å². The average Bonchev–Trinajstić information content (AvgIpc) is 2.16. The Morgan fingerprint density at radius 1 is 1.50 bits per heavy atom. The zero-order valence-electron chi connectivity index (χ0n) is 7.99. The van der Waals surface area contributed by atoms with Gasteiger partial charge in [0.2, 0.25) is 0 Å². The molecular formula is C10H11BrO3. The van der Waals surface area contributed by atoms with E-state index in [1.54, 1.807) is 19.1 Å². The van der Waals surface area contributed by atoms with Crippen LogP contribution < -0.4 is 4.74 Å². The Morgan fingerprint density at radius 3 is 2.79 bits per heavy atom. The highest BCUT2D eigenvalue weighted by Crippen LogP contribution is 2.18. The minimum atomic E-state index is -0.589. The zero-order chi connectivity index (χ0) is 10.6. The molecule has 0 aliphatic heterocycles. The molecule has 14 heavy (non-hydrogen) atoms. The Labute approximate surface area is 91.1 Å². The zero-order valence-corrected chi connectivity index (χ0v) is 9.58. The van der Waals surface area contributed by atoms with E-state index in [0.29, 0.717) is 5.75 Å². The first-order valence-electron chi connectivity index (χ1n) is 4.13. The van der Waals surface area contributed by atoms with Crippen LogP contribution in [0.15, 0.2) is 28.7 Å². The van der Waals surface area contributed by atoms with Gasteiger partial charge in [-0.05, 0) is 25.1 Å². The van der Waals surface area contributed by atoms with Crippen LogP contribution in [0.3, 0.4) is 0 Å². The van der Waals surface area contributed by atoms with Gasteiger partial charge in [-0.1, -0.05) is 22.0 Å². The van der Waals surface area contributed by atoms with Crippen LogP contribution in [-0.2, 0) is 9.53 Å². The van der Waals surface area contributed by atoms with Crippen molar-refractivity contribution < 1.29 is 14.3 Å². The highest BCUT2D eigenvalue weighted by Gasteiger charge is 2.14. The standard InChI is InChI=1S/C10H11BrO3/c1-7(10(12)13-2)14-9-5-3-4-8(11)6-9/h3-7H,1-2H3/t7-/m0/s1. The highest BCUT2D eigenvalue weighted by atomic mass is 79.9. The lowest BCUT2D eigenvalue weighted by Crippen LogP contribution is -2.24. The van der Waals surface area contributed by atoms with Crippen molar-refractivity contribution in [1.82, 2.24) is 0 Å². The second kappa shape index (κ2) is 5.00. The first kappa shape index (κ1) is 11.0. The summed E-state index contributed by atoms with van der Waals surface area (Å²) in [7, 11) is 1.34. The normalized spacial score (nSPS) is 11.9. The van der Waals surface area contributed by atoms with Gasteiger partial charge in [0.15, 0.2) is 6.10 Å². The summed E-state index contributed by atoms with van der Waals surface area (Å²) in [4.78, 5) is 11.0. The summed E-state index contributed by atoms with van der Waals surface area (Å²) >= 11 is 3.31. The van der Waals surface area contributed by atoms with Crippen molar-refractivity contribution in [1.29, 1.82) is 0 Å². The SMILES string of the molecule is COC(=O)[C@H](C)Oc1cccc(Br)c1. The number of ether oxygens (including phenoxy) is 2. The summed E-state index contributed by atoms with van der Waals surface area (Å²) in [5.41, 5.74) is 0. The van der Waals surface area contributed by atoms with Gasteiger partial charge >= 0.3 is 5.97 Å². The predicted octanol–water partition coefficient (Wildman–Crippen LogP) is 2.39. The summed E-state index contributed by atoms with van der Waals surface area (Å²) in [6, 6.07) is 7.29. The molecule has 1 rings (SSSR count).